The molecule has 0 aliphatic heterocycles. The molecule has 0 aromatic rings. The van der Waals surface area contributed by atoms with Gasteiger partial charge in [-0.25, -0.2) is 0 Å². The maximum Gasteiger partial charge on any atom is 0.0578 e. The lowest BCUT2D eigenvalue weighted by Gasteiger charge is -2.29. The van der Waals surface area contributed by atoms with E-state index in [4.69, 9.17) is 4.74 Å². The molecule has 2 saturated carbocycles. The second-order valence-corrected chi connectivity index (χ2v) is 4.66. The van der Waals surface area contributed by atoms with Crippen molar-refractivity contribution in [3.05, 3.63) is 0 Å². The van der Waals surface area contributed by atoms with Gasteiger partial charge in [0.15, 0.2) is 0 Å². The summed E-state index contributed by atoms with van der Waals surface area (Å²) in [6.45, 7) is 0. The van der Waals surface area contributed by atoms with Crippen LogP contribution in [0, 0.1) is 0 Å². The summed E-state index contributed by atoms with van der Waals surface area (Å²) in [7, 11) is 0. The van der Waals surface area contributed by atoms with Crippen LogP contribution in [0.2, 0.25) is 0 Å². The Morgan fingerprint density at radius 2 is 0.929 bits per heavy atom. The van der Waals surface area contributed by atoms with Gasteiger partial charge in [-0.3, -0.25) is 0 Å². The van der Waals surface area contributed by atoms with Crippen LogP contribution in [0.1, 0.15) is 64.2 Å². The molecule has 0 amide bonds. The van der Waals surface area contributed by atoms with Crippen LogP contribution < -0.4 is 6.15 Å². The molecule has 0 atom stereocenters. The van der Waals surface area contributed by atoms with Gasteiger partial charge in [0.05, 0.1) is 12.2 Å². The van der Waals surface area contributed by atoms with Crippen LogP contribution >= 0.6 is 0 Å². The molecule has 3 N–H and O–H groups in total. The van der Waals surface area contributed by atoms with Crippen molar-refractivity contribution in [2.24, 2.45) is 0 Å². The van der Waals surface area contributed by atoms with Crippen molar-refractivity contribution < 1.29 is 4.74 Å². The molecule has 0 bridgehead atoms. The Labute approximate surface area is 88.0 Å². The van der Waals surface area contributed by atoms with E-state index in [2.05, 4.69) is 0 Å². The lowest BCUT2D eigenvalue weighted by Crippen LogP contribution is -2.25. The van der Waals surface area contributed by atoms with Crippen molar-refractivity contribution in [3.63, 3.8) is 0 Å². The Hall–Kier alpha value is -0.0800. The van der Waals surface area contributed by atoms with Gasteiger partial charge >= 0.3 is 0 Å². The summed E-state index contributed by atoms with van der Waals surface area (Å²) in [5.41, 5.74) is 0. The smallest absolute Gasteiger partial charge is 0.0578 e. The molecule has 0 unspecified atom stereocenters. The first-order chi connectivity index (χ1) is 6.45. The molecule has 0 heterocycles. The van der Waals surface area contributed by atoms with Crippen molar-refractivity contribution in [2.45, 2.75) is 76.4 Å². The molecule has 2 fully saturated rings. The molecule has 0 aromatic carbocycles. The topological polar surface area (TPSA) is 44.2 Å². The van der Waals surface area contributed by atoms with E-state index in [9.17, 15) is 0 Å². The minimum atomic E-state index is 0. The standard InChI is InChI=1S/C12H22O.H3N/c1-3-7-11(8-4-1)13-12-9-5-2-6-10-12;/h11-12H,1-10H2;1H3. The zero-order valence-corrected chi connectivity index (χ0v) is 9.34. The first-order valence-electron chi connectivity index (χ1n) is 6.10. The van der Waals surface area contributed by atoms with Gasteiger partial charge in [-0.2, -0.15) is 0 Å². The van der Waals surface area contributed by atoms with Crippen LogP contribution in [-0.2, 0) is 4.74 Å². The third-order valence-electron chi connectivity index (χ3n) is 3.49. The average Bonchev–Trinajstić information content (AvgIpc) is 2.21. The average molecular weight is 199 g/mol. The normalized spacial score (nSPS) is 25.7. The first-order valence-corrected chi connectivity index (χ1v) is 6.10. The fourth-order valence-corrected chi connectivity index (χ4v) is 2.67. The van der Waals surface area contributed by atoms with E-state index in [1.165, 1.54) is 64.2 Å². The zero-order chi connectivity index (χ0) is 8.93. The van der Waals surface area contributed by atoms with E-state index in [0.717, 1.165) is 0 Å². The number of hydrogen-bond donors (Lipinski definition) is 1. The number of ether oxygens (including phenoxy) is 1. The zero-order valence-electron chi connectivity index (χ0n) is 9.34. The second kappa shape index (κ2) is 6.41. The van der Waals surface area contributed by atoms with Crippen LogP contribution in [-0.4, -0.2) is 12.2 Å². The molecular formula is C12H25NO. The van der Waals surface area contributed by atoms with Crippen molar-refractivity contribution in [3.8, 4) is 0 Å². The highest BCUT2D eigenvalue weighted by Gasteiger charge is 2.20. The van der Waals surface area contributed by atoms with Gasteiger partial charge in [0.2, 0.25) is 0 Å². The first kappa shape index (κ1) is 12.0. The van der Waals surface area contributed by atoms with Gasteiger partial charge in [0.25, 0.3) is 0 Å². The van der Waals surface area contributed by atoms with Crippen molar-refractivity contribution in [2.75, 3.05) is 0 Å². The fourth-order valence-electron chi connectivity index (χ4n) is 2.67. The molecule has 0 spiro atoms. The highest BCUT2D eigenvalue weighted by molar-refractivity contribution is 4.71. The van der Waals surface area contributed by atoms with E-state index >= 15 is 0 Å². The molecule has 0 aromatic heterocycles. The maximum atomic E-state index is 6.13. The molecule has 84 valence electrons. The minimum absolute atomic E-state index is 0. The summed E-state index contributed by atoms with van der Waals surface area (Å²) in [4.78, 5) is 0. The molecule has 2 aliphatic carbocycles. The summed E-state index contributed by atoms with van der Waals surface area (Å²) < 4.78 is 6.13. The van der Waals surface area contributed by atoms with Crippen molar-refractivity contribution in [1.82, 2.24) is 6.15 Å². The summed E-state index contributed by atoms with van der Waals surface area (Å²) in [5, 5.41) is 0. The van der Waals surface area contributed by atoms with Gasteiger partial charge in [-0.1, -0.05) is 38.5 Å². The highest BCUT2D eigenvalue weighted by atomic mass is 16.5. The molecule has 2 aliphatic rings. The Morgan fingerprint density at radius 1 is 0.571 bits per heavy atom. The van der Waals surface area contributed by atoms with Gasteiger partial charge in [0, 0.05) is 0 Å². The van der Waals surface area contributed by atoms with Crippen LogP contribution in [0.5, 0.6) is 0 Å². The second-order valence-electron chi connectivity index (χ2n) is 4.66. The molecule has 0 radical (unpaired) electrons. The van der Waals surface area contributed by atoms with Crippen molar-refractivity contribution >= 4 is 0 Å². The van der Waals surface area contributed by atoms with E-state index < -0.39 is 0 Å². The fraction of sp³-hybridized carbons (Fsp3) is 1.00. The monoisotopic (exact) mass is 199 g/mol. The predicted molar refractivity (Wildman–Crippen MR) is 59.9 cm³/mol. The van der Waals surface area contributed by atoms with E-state index in [0.29, 0.717) is 12.2 Å². The van der Waals surface area contributed by atoms with E-state index in [1.807, 2.05) is 0 Å². The SMILES string of the molecule is C1CCC(OC2CCCCC2)CC1.N. The van der Waals surface area contributed by atoms with Crippen molar-refractivity contribution in [1.29, 1.82) is 0 Å². The summed E-state index contributed by atoms with van der Waals surface area (Å²) in [6.07, 6.45) is 15.0. The Kier molecular flexibility index (Phi) is 5.49. The van der Waals surface area contributed by atoms with Gasteiger partial charge in [-0.05, 0) is 25.7 Å². The third kappa shape index (κ3) is 3.58. The largest absolute Gasteiger partial charge is 0.375 e. The molecule has 2 heteroatoms. The Bertz CT molecular complexity index is 121. The van der Waals surface area contributed by atoms with Gasteiger partial charge in [0.1, 0.15) is 0 Å². The summed E-state index contributed by atoms with van der Waals surface area (Å²) in [5.74, 6) is 0. The Morgan fingerprint density at radius 3 is 1.29 bits per heavy atom. The number of rotatable bonds is 2. The highest BCUT2D eigenvalue weighted by Crippen LogP contribution is 2.26. The van der Waals surface area contributed by atoms with Crippen LogP contribution in [0.25, 0.3) is 0 Å². The van der Waals surface area contributed by atoms with Crippen LogP contribution in [0.4, 0.5) is 0 Å². The molecule has 14 heavy (non-hydrogen) atoms. The lowest BCUT2D eigenvalue weighted by atomic mass is 9.95. The molecular weight excluding hydrogens is 174 g/mol. The maximum absolute atomic E-state index is 6.13. The molecule has 0 saturated heterocycles. The summed E-state index contributed by atoms with van der Waals surface area (Å²) in [6, 6.07) is 0. The van der Waals surface area contributed by atoms with Crippen LogP contribution in [0.15, 0.2) is 0 Å². The predicted octanol–water partition coefficient (Wildman–Crippen LogP) is 3.83. The quantitative estimate of drug-likeness (QED) is 0.734. The van der Waals surface area contributed by atoms with Gasteiger partial charge in [-0.15, -0.1) is 0 Å². The van der Waals surface area contributed by atoms with Gasteiger partial charge < -0.3 is 10.9 Å². The Balaban J connectivity index is 0.000000980. The lowest BCUT2D eigenvalue weighted by molar-refractivity contribution is -0.0450. The van der Waals surface area contributed by atoms with Crippen LogP contribution in [0.3, 0.4) is 0 Å². The summed E-state index contributed by atoms with van der Waals surface area (Å²) >= 11 is 0. The molecule has 2 rings (SSSR count). The van der Waals surface area contributed by atoms with E-state index in [1.54, 1.807) is 0 Å². The molecule has 2 nitrogen and oxygen atoms in total. The third-order valence-corrected chi connectivity index (χ3v) is 3.49. The minimum Gasteiger partial charge on any atom is -0.375 e. The van der Waals surface area contributed by atoms with E-state index in [-0.39, 0.29) is 6.15 Å². The number of hydrogen-bond acceptors (Lipinski definition) is 2.